The van der Waals surface area contributed by atoms with Gasteiger partial charge in [0.1, 0.15) is 17.2 Å². The molecular weight excluding hydrogens is 238 g/mol. The molecule has 0 saturated carbocycles. The van der Waals surface area contributed by atoms with Crippen molar-refractivity contribution in [2.75, 3.05) is 6.61 Å². The van der Waals surface area contributed by atoms with E-state index in [0.29, 0.717) is 18.6 Å². The van der Waals surface area contributed by atoms with E-state index >= 15 is 0 Å². The largest absolute Gasteiger partial charge is 0.367 e. The van der Waals surface area contributed by atoms with Crippen LogP contribution >= 0.6 is 0 Å². The molecular formula is C14H16F2O2. The Hall–Kier alpha value is -1.29. The Labute approximate surface area is 105 Å². The minimum Gasteiger partial charge on any atom is -0.367 e. The number of benzene rings is 1. The Kier molecular flexibility index (Phi) is 3.76. The van der Waals surface area contributed by atoms with Crippen LogP contribution in [0.3, 0.4) is 0 Å². The Bertz CT molecular complexity index is 431. The SMILES string of the molecule is CC1(C(=O)Cc2cc(F)cc(F)c2)CCCCO1. The van der Waals surface area contributed by atoms with E-state index in [-0.39, 0.29) is 12.2 Å². The predicted molar refractivity (Wildman–Crippen MR) is 63.3 cm³/mol. The molecule has 0 amide bonds. The number of rotatable bonds is 3. The Balaban J connectivity index is 2.10. The molecule has 1 unspecified atom stereocenters. The van der Waals surface area contributed by atoms with Crippen molar-refractivity contribution in [3.8, 4) is 0 Å². The van der Waals surface area contributed by atoms with E-state index in [0.717, 1.165) is 18.9 Å². The van der Waals surface area contributed by atoms with Crippen LogP contribution in [-0.2, 0) is 16.0 Å². The summed E-state index contributed by atoms with van der Waals surface area (Å²) in [6, 6.07) is 3.17. The van der Waals surface area contributed by atoms with Crippen LogP contribution in [0.4, 0.5) is 8.78 Å². The fraction of sp³-hybridized carbons (Fsp3) is 0.500. The van der Waals surface area contributed by atoms with Gasteiger partial charge in [0.25, 0.3) is 0 Å². The van der Waals surface area contributed by atoms with Gasteiger partial charge in [-0.1, -0.05) is 0 Å². The fourth-order valence-corrected chi connectivity index (χ4v) is 2.24. The number of hydrogen-bond donors (Lipinski definition) is 0. The molecule has 98 valence electrons. The number of halogens is 2. The average Bonchev–Trinajstić information content (AvgIpc) is 2.28. The molecule has 1 aliphatic heterocycles. The van der Waals surface area contributed by atoms with E-state index < -0.39 is 17.2 Å². The predicted octanol–water partition coefficient (Wildman–Crippen LogP) is 3.04. The van der Waals surface area contributed by atoms with Crippen LogP contribution in [0, 0.1) is 11.6 Å². The maximum atomic E-state index is 13.0. The van der Waals surface area contributed by atoms with Crippen LogP contribution in [0.2, 0.25) is 0 Å². The number of Topliss-reactive ketones (excluding diaryl/α,β-unsaturated/α-hetero) is 1. The summed E-state index contributed by atoms with van der Waals surface area (Å²) in [5.74, 6) is -1.44. The molecule has 0 spiro atoms. The van der Waals surface area contributed by atoms with Gasteiger partial charge in [-0.05, 0) is 43.9 Å². The summed E-state index contributed by atoms with van der Waals surface area (Å²) in [5.41, 5.74) is -0.450. The van der Waals surface area contributed by atoms with Crippen molar-refractivity contribution in [1.82, 2.24) is 0 Å². The van der Waals surface area contributed by atoms with Gasteiger partial charge in [0.2, 0.25) is 0 Å². The Morgan fingerprint density at radius 2 is 1.94 bits per heavy atom. The van der Waals surface area contributed by atoms with Crippen LogP contribution in [0.1, 0.15) is 31.7 Å². The summed E-state index contributed by atoms with van der Waals surface area (Å²) in [4.78, 5) is 12.1. The van der Waals surface area contributed by atoms with Gasteiger partial charge >= 0.3 is 0 Å². The van der Waals surface area contributed by atoms with E-state index in [1.54, 1.807) is 6.92 Å². The Morgan fingerprint density at radius 3 is 2.50 bits per heavy atom. The highest BCUT2D eigenvalue weighted by molar-refractivity contribution is 5.88. The second-order valence-electron chi connectivity index (χ2n) is 4.91. The maximum Gasteiger partial charge on any atom is 0.168 e. The lowest BCUT2D eigenvalue weighted by atomic mass is 9.88. The van der Waals surface area contributed by atoms with Crippen molar-refractivity contribution in [3.05, 3.63) is 35.4 Å². The van der Waals surface area contributed by atoms with Crippen molar-refractivity contribution < 1.29 is 18.3 Å². The van der Waals surface area contributed by atoms with Crippen molar-refractivity contribution >= 4 is 5.78 Å². The smallest absolute Gasteiger partial charge is 0.168 e. The third-order valence-corrected chi connectivity index (χ3v) is 3.35. The van der Waals surface area contributed by atoms with E-state index in [1.165, 1.54) is 12.1 Å². The number of carbonyl (C=O) groups excluding carboxylic acids is 1. The van der Waals surface area contributed by atoms with Crippen molar-refractivity contribution in [3.63, 3.8) is 0 Å². The minimum absolute atomic E-state index is 0.00514. The first-order valence-electron chi connectivity index (χ1n) is 6.12. The lowest BCUT2D eigenvalue weighted by Crippen LogP contribution is -2.42. The molecule has 1 heterocycles. The molecule has 1 aromatic rings. The van der Waals surface area contributed by atoms with Gasteiger partial charge in [-0.15, -0.1) is 0 Å². The van der Waals surface area contributed by atoms with Crippen molar-refractivity contribution in [2.24, 2.45) is 0 Å². The summed E-state index contributed by atoms with van der Waals surface area (Å²) in [6.45, 7) is 2.32. The zero-order valence-electron chi connectivity index (χ0n) is 10.3. The quantitative estimate of drug-likeness (QED) is 0.828. The first-order chi connectivity index (χ1) is 8.49. The number of ketones is 1. The topological polar surface area (TPSA) is 26.3 Å². The van der Waals surface area contributed by atoms with Gasteiger partial charge in [0.15, 0.2) is 5.78 Å². The second-order valence-corrected chi connectivity index (χ2v) is 4.91. The summed E-state index contributed by atoms with van der Waals surface area (Å²) in [5, 5.41) is 0. The minimum atomic E-state index is -0.805. The normalized spacial score (nSPS) is 23.9. The van der Waals surface area contributed by atoms with Gasteiger partial charge < -0.3 is 4.74 Å². The van der Waals surface area contributed by atoms with Gasteiger partial charge in [0, 0.05) is 19.1 Å². The molecule has 2 nitrogen and oxygen atoms in total. The first kappa shape index (κ1) is 13.1. The van der Waals surface area contributed by atoms with Crippen LogP contribution in [0.15, 0.2) is 18.2 Å². The molecule has 0 aliphatic carbocycles. The molecule has 18 heavy (non-hydrogen) atoms. The lowest BCUT2D eigenvalue weighted by molar-refractivity contribution is -0.147. The highest BCUT2D eigenvalue weighted by atomic mass is 19.1. The monoisotopic (exact) mass is 254 g/mol. The number of carbonyl (C=O) groups is 1. The van der Waals surface area contributed by atoms with Gasteiger partial charge in [-0.25, -0.2) is 8.78 Å². The average molecular weight is 254 g/mol. The van der Waals surface area contributed by atoms with Gasteiger partial charge in [0.05, 0.1) is 0 Å². The molecule has 0 N–H and O–H groups in total. The third-order valence-electron chi connectivity index (χ3n) is 3.35. The molecule has 1 fully saturated rings. The highest BCUT2D eigenvalue weighted by Crippen LogP contribution is 2.26. The van der Waals surface area contributed by atoms with Gasteiger partial charge in [-0.3, -0.25) is 4.79 Å². The Morgan fingerprint density at radius 1 is 1.28 bits per heavy atom. The molecule has 0 radical (unpaired) electrons. The number of hydrogen-bond acceptors (Lipinski definition) is 2. The second kappa shape index (κ2) is 5.14. The zero-order valence-corrected chi connectivity index (χ0v) is 10.3. The third kappa shape index (κ3) is 2.93. The van der Waals surface area contributed by atoms with Crippen LogP contribution in [0.5, 0.6) is 0 Å². The summed E-state index contributed by atoms with van der Waals surface area (Å²) < 4.78 is 31.6. The zero-order chi connectivity index (χ0) is 13.2. The first-order valence-corrected chi connectivity index (χ1v) is 6.12. The van der Waals surface area contributed by atoms with Crippen LogP contribution in [0.25, 0.3) is 0 Å². The standard InChI is InChI=1S/C14H16F2O2/c1-14(4-2-3-5-18-14)13(17)8-10-6-11(15)9-12(16)7-10/h6-7,9H,2-5,8H2,1H3. The summed E-state index contributed by atoms with van der Waals surface area (Å²) >= 11 is 0. The summed E-state index contributed by atoms with van der Waals surface area (Å²) in [7, 11) is 0. The molecule has 4 heteroatoms. The van der Waals surface area contributed by atoms with Gasteiger partial charge in [-0.2, -0.15) is 0 Å². The molecule has 0 bridgehead atoms. The number of ether oxygens (including phenoxy) is 1. The molecule has 2 rings (SSSR count). The van der Waals surface area contributed by atoms with Crippen LogP contribution in [-0.4, -0.2) is 18.0 Å². The van der Waals surface area contributed by atoms with Crippen LogP contribution < -0.4 is 0 Å². The maximum absolute atomic E-state index is 13.0. The van der Waals surface area contributed by atoms with E-state index in [9.17, 15) is 13.6 Å². The van der Waals surface area contributed by atoms with Crippen molar-refractivity contribution in [1.29, 1.82) is 0 Å². The fourth-order valence-electron chi connectivity index (χ4n) is 2.24. The molecule has 0 aromatic heterocycles. The highest BCUT2D eigenvalue weighted by Gasteiger charge is 2.35. The van der Waals surface area contributed by atoms with E-state index in [1.807, 2.05) is 0 Å². The van der Waals surface area contributed by atoms with E-state index in [2.05, 4.69) is 0 Å². The summed E-state index contributed by atoms with van der Waals surface area (Å²) in [6.07, 6.45) is 2.58. The van der Waals surface area contributed by atoms with E-state index in [4.69, 9.17) is 4.74 Å². The molecule has 1 aliphatic rings. The lowest BCUT2D eigenvalue weighted by Gasteiger charge is -2.32. The molecule has 1 aromatic carbocycles. The molecule has 1 atom stereocenters. The van der Waals surface area contributed by atoms with Crippen molar-refractivity contribution in [2.45, 2.75) is 38.2 Å². The molecule has 1 saturated heterocycles.